The molecule has 1 aliphatic heterocycles. The van der Waals surface area contributed by atoms with Gasteiger partial charge in [-0.25, -0.2) is 0 Å². The molecule has 1 saturated heterocycles. The molecule has 2 unspecified atom stereocenters. The van der Waals surface area contributed by atoms with Crippen LogP contribution >= 0.6 is 0 Å². The Balaban J connectivity index is 1.88. The number of para-hydroxylation sites is 1. The summed E-state index contributed by atoms with van der Waals surface area (Å²) >= 11 is 0. The van der Waals surface area contributed by atoms with E-state index in [4.69, 9.17) is 14.9 Å². The van der Waals surface area contributed by atoms with Crippen molar-refractivity contribution in [3.63, 3.8) is 0 Å². The van der Waals surface area contributed by atoms with Crippen LogP contribution in [-0.4, -0.2) is 37.7 Å². The zero-order valence-electron chi connectivity index (χ0n) is 12.8. The molecule has 0 radical (unpaired) electrons. The summed E-state index contributed by atoms with van der Waals surface area (Å²) in [6.07, 6.45) is 2.65. The number of aryl methyl sites for hydroxylation is 1. The summed E-state index contributed by atoms with van der Waals surface area (Å²) in [7, 11) is 2.13. The van der Waals surface area contributed by atoms with Gasteiger partial charge < -0.3 is 14.9 Å². The smallest absolute Gasteiger partial charge is 0.134 e. The number of hydrogen-bond donors (Lipinski definition) is 1. The van der Waals surface area contributed by atoms with Crippen molar-refractivity contribution in [2.45, 2.75) is 31.9 Å². The molecule has 1 aromatic carbocycles. The van der Waals surface area contributed by atoms with E-state index >= 15 is 0 Å². The average Bonchev–Trinajstić information content (AvgIpc) is 3.08. The van der Waals surface area contributed by atoms with Crippen LogP contribution in [0.15, 0.2) is 28.7 Å². The van der Waals surface area contributed by atoms with Crippen LogP contribution in [-0.2, 0) is 4.74 Å². The predicted molar refractivity (Wildman–Crippen MR) is 84.4 cm³/mol. The zero-order valence-corrected chi connectivity index (χ0v) is 12.8. The second kappa shape index (κ2) is 6.18. The lowest BCUT2D eigenvalue weighted by molar-refractivity contribution is 0.0689. The first kappa shape index (κ1) is 14.6. The van der Waals surface area contributed by atoms with Crippen molar-refractivity contribution >= 4 is 11.0 Å². The molecule has 2 N–H and O–H groups in total. The molecule has 0 saturated carbocycles. The Morgan fingerprint density at radius 2 is 2.19 bits per heavy atom. The number of fused-ring (bicyclic) bond motifs is 1. The molecule has 1 aliphatic rings. The monoisotopic (exact) mass is 288 g/mol. The summed E-state index contributed by atoms with van der Waals surface area (Å²) in [6.45, 7) is 4.41. The quantitative estimate of drug-likeness (QED) is 0.919. The standard InChI is InChI=1S/C17H24N2O2/c1-12-17(14-7-3-4-8-16(14)21-12)15(10-18)19(2)11-13-6-5-9-20-13/h3-4,7-8,13,15H,5-6,9-11,18H2,1-2H3. The van der Waals surface area contributed by atoms with Crippen LogP contribution in [0.1, 0.15) is 30.2 Å². The number of nitrogens with two attached hydrogens (primary N) is 1. The molecule has 0 spiro atoms. The van der Waals surface area contributed by atoms with Gasteiger partial charge in [0.05, 0.1) is 12.1 Å². The topological polar surface area (TPSA) is 51.6 Å². The molecule has 2 atom stereocenters. The number of hydrogen-bond acceptors (Lipinski definition) is 4. The highest BCUT2D eigenvalue weighted by molar-refractivity contribution is 5.82. The first-order valence-electron chi connectivity index (χ1n) is 7.70. The van der Waals surface area contributed by atoms with Gasteiger partial charge in [-0.1, -0.05) is 18.2 Å². The number of furan rings is 1. The van der Waals surface area contributed by atoms with E-state index in [1.165, 1.54) is 17.4 Å². The van der Waals surface area contributed by atoms with E-state index < -0.39 is 0 Å². The summed E-state index contributed by atoms with van der Waals surface area (Å²) in [4.78, 5) is 2.31. The summed E-state index contributed by atoms with van der Waals surface area (Å²) in [5, 5.41) is 1.17. The normalized spacial score (nSPS) is 20.5. The van der Waals surface area contributed by atoms with Gasteiger partial charge in [0, 0.05) is 30.6 Å². The molecular formula is C17H24N2O2. The fraction of sp³-hybridized carbons (Fsp3) is 0.529. The largest absolute Gasteiger partial charge is 0.461 e. The van der Waals surface area contributed by atoms with Crippen molar-refractivity contribution in [1.82, 2.24) is 4.90 Å². The molecule has 0 aliphatic carbocycles. The third-order valence-corrected chi connectivity index (χ3v) is 4.42. The van der Waals surface area contributed by atoms with Crippen LogP contribution in [0, 0.1) is 6.92 Å². The van der Waals surface area contributed by atoms with Crippen LogP contribution in [0.25, 0.3) is 11.0 Å². The van der Waals surface area contributed by atoms with Crippen molar-refractivity contribution < 1.29 is 9.15 Å². The van der Waals surface area contributed by atoms with E-state index in [1.54, 1.807) is 0 Å². The van der Waals surface area contributed by atoms with Gasteiger partial charge in [-0.2, -0.15) is 0 Å². The predicted octanol–water partition coefficient (Wildman–Crippen LogP) is 2.85. The van der Waals surface area contributed by atoms with E-state index in [0.717, 1.165) is 30.9 Å². The van der Waals surface area contributed by atoms with E-state index in [1.807, 2.05) is 19.1 Å². The molecule has 3 rings (SSSR count). The van der Waals surface area contributed by atoms with Crippen molar-refractivity contribution in [3.8, 4) is 0 Å². The highest BCUT2D eigenvalue weighted by Crippen LogP contribution is 2.33. The minimum Gasteiger partial charge on any atom is -0.461 e. The zero-order chi connectivity index (χ0) is 14.8. The van der Waals surface area contributed by atoms with Gasteiger partial charge in [0.15, 0.2) is 0 Å². The summed E-state index contributed by atoms with van der Waals surface area (Å²) in [5.74, 6) is 0.964. The first-order chi connectivity index (χ1) is 10.2. The maximum absolute atomic E-state index is 6.07. The molecule has 0 bridgehead atoms. The van der Waals surface area contributed by atoms with Gasteiger partial charge in [-0.15, -0.1) is 0 Å². The Kier molecular flexibility index (Phi) is 4.29. The van der Waals surface area contributed by atoms with E-state index in [9.17, 15) is 0 Å². The maximum Gasteiger partial charge on any atom is 0.134 e. The molecular weight excluding hydrogens is 264 g/mol. The van der Waals surface area contributed by atoms with Crippen molar-refractivity contribution in [3.05, 3.63) is 35.6 Å². The van der Waals surface area contributed by atoms with Crippen LogP contribution in [0.3, 0.4) is 0 Å². The Bertz CT molecular complexity index is 602. The van der Waals surface area contributed by atoms with Gasteiger partial charge in [0.25, 0.3) is 0 Å². The first-order valence-corrected chi connectivity index (χ1v) is 7.70. The Morgan fingerprint density at radius 1 is 1.38 bits per heavy atom. The molecule has 2 aromatic rings. The number of ether oxygens (including phenoxy) is 1. The highest BCUT2D eigenvalue weighted by atomic mass is 16.5. The summed E-state index contributed by atoms with van der Waals surface area (Å²) in [5.41, 5.74) is 8.23. The molecule has 2 heterocycles. The third kappa shape index (κ3) is 2.84. The number of rotatable bonds is 5. The van der Waals surface area contributed by atoms with Crippen molar-refractivity contribution in [2.75, 3.05) is 26.7 Å². The maximum atomic E-state index is 6.07. The van der Waals surface area contributed by atoms with E-state index in [-0.39, 0.29) is 6.04 Å². The fourth-order valence-corrected chi connectivity index (χ4v) is 3.36. The van der Waals surface area contributed by atoms with Crippen molar-refractivity contribution in [1.29, 1.82) is 0 Å². The number of nitrogens with zero attached hydrogens (tertiary/aromatic N) is 1. The fourth-order valence-electron chi connectivity index (χ4n) is 3.36. The highest BCUT2D eigenvalue weighted by Gasteiger charge is 2.26. The Labute approximate surface area is 125 Å². The second-order valence-corrected chi connectivity index (χ2v) is 5.89. The van der Waals surface area contributed by atoms with Gasteiger partial charge in [-0.3, -0.25) is 4.90 Å². The Morgan fingerprint density at radius 3 is 2.90 bits per heavy atom. The lowest BCUT2D eigenvalue weighted by atomic mass is 10.0. The van der Waals surface area contributed by atoms with E-state index in [0.29, 0.717) is 12.6 Å². The minimum atomic E-state index is 0.165. The SMILES string of the molecule is Cc1oc2ccccc2c1C(CN)N(C)CC1CCCO1. The van der Waals surface area contributed by atoms with Gasteiger partial charge in [-0.05, 0) is 32.9 Å². The third-order valence-electron chi connectivity index (χ3n) is 4.42. The molecule has 1 aromatic heterocycles. The molecule has 1 fully saturated rings. The molecule has 114 valence electrons. The van der Waals surface area contributed by atoms with Gasteiger partial charge >= 0.3 is 0 Å². The van der Waals surface area contributed by atoms with Crippen LogP contribution < -0.4 is 5.73 Å². The molecule has 4 nitrogen and oxygen atoms in total. The van der Waals surface area contributed by atoms with E-state index in [2.05, 4.69) is 24.1 Å². The van der Waals surface area contributed by atoms with Crippen LogP contribution in [0.4, 0.5) is 0 Å². The van der Waals surface area contributed by atoms with Gasteiger partial charge in [0.1, 0.15) is 11.3 Å². The lowest BCUT2D eigenvalue weighted by Gasteiger charge is -2.29. The average molecular weight is 288 g/mol. The number of likely N-dealkylation sites (N-methyl/N-ethyl adjacent to an activating group) is 1. The Hall–Kier alpha value is -1.36. The minimum absolute atomic E-state index is 0.165. The molecule has 21 heavy (non-hydrogen) atoms. The number of benzene rings is 1. The van der Waals surface area contributed by atoms with Crippen LogP contribution in [0.5, 0.6) is 0 Å². The van der Waals surface area contributed by atoms with Crippen molar-refractivity contribution in [2.24, 2.45) is 5.73 Å². The lowest BCUT2D eigenvalue weighted by Crippen LogP contribution is -2.36. The molecule has 4 heteroatoms. The molecule has 0 amide bonds. The van der Waals surface area contributed by atoms with Crippen LogP contribution in [0.2, 0.25) is 0 Å². The summed E-state index contributed by atoms with van der Waals surface area (Å²) in [6, 6.07) is 8.35. The summed E-state index contributed by atoms with van der Waals surface area (Å²) < 4.78 is 11.6. The second-order valence-electron chi connectivity index (χ2n) is 5.89. The van der Waals surface area contributed by atoms with Gasteiger partial charge in [0.2, 0.25) is 0 Å².